The maximum absolute atomic E-state index is 6.82. The van der Waals surface area contributed by atoms with Gasteiger partial charge in [0.05, 0.1) is 0 Å². The predicted molar refractivity (Wildman–Crippen MR) is 240 cm³/mol. The maximum atomic E-state index is 6.82. The SMILES string of the molecule is c1ccc(-c2nc(-c3ccc(-c4c5c(cc6oc7ccccc7c46)C4(c6ccccc6-5)C5CC6CC(C5)C4C6)cc3)nc(-c3ccc4c(c3)sc3ccccc34)n2)cc1. The van der Waals surface area contributed by atoms with Gasteiger partial charge in [-0.25, -0.2) is 15.0 Å². The van der Waals surface area contributed by atoms with Gasteiger partial charge in [-0.05, 0) is 101 Å². The monoisotopic (exact) mass is 775 g/mol. The van der Waals surface area contributed by atoms with Crippen LogP contribution in [0, 0.1) is 23.7 Å². The van der Waals surface area contributed by atoms with Gasteiger partial charge >= 0.3 is 0 Å². The molecule has 5 aliphatic carbocycles. The minimum Gasteiger partial charge on any atom is -0.456 e. The molecule has 280 valence electrons. The van der Waals surface area contributed by atoms with E-state index in [4.69, 9.17) is 19.4 Å². The summed E-state index contributed by atoms with van der Waals surface area (Å²) in [6.45, 7) is 0. The maximum Gasteiger partial charge on any atom is 0.164 e. The van der Waals surface area contributed by atoms with E-state index in [1.165, 1.54) is 84.4 Å². The average molecular weight is 776 g/mol. The fourth-order valence-electron chi connectivity index (χ4n) is 12.6. The quantitative estimate of drug-likeness (QED) is 0.179. The van der Waals surface area contributed by atoms with Gasteiger partial charge in [-0.2, -0.15) is 0 Å². The topological polar surface area (TPSA) is 51.8 Å². The third kappa shape index (κ3) is 4.41. The van der Waals surface area contributed by atoms with Crippen LogP contribution in [0.4, 0.5) is 0 Å². The molecule has 1 spiro atoms. The van der Waals surface area contributed by atoms with Crippen LogP contribution in [0.25, 0.3) is 98.5 Å². The second kappa shape index (κ2) is 11.8. The molecular formula is C54H37N3OS. The zero-order valence-electron chi connectivity index (χ0n) is 32.2. The zero-order chi connectivity index (χ0) is 38.4. The van der Waals surface area contributed by atoms with Crippen LogP contribution >= 0.6 is 11.3 Å². The number of thiophene rings is 1. The Morgan fingerprint density at radius 1 is 0.492 bits per heavy atom. The fraction of sp³-hybridized carbons (Fsp3) is 0.167. The Bertz CT molecular complexity index is 3380. The van der Waals surface area contributed by atoms with E-state index >= 15 is 0 Å². The highest BCUT2D eigenvalue weighted by atomic mass is 32.1. The van der Waals surface area contributed by atoms with Crippen molar-refractivity contribution in [2.45, 2.75) is 31.1 Å². The molecule has 59 heavy (non-hydrogen) atoms. The van der Waals surface area contributed by atoms with Gasteiger partial charge in [0.25, 0.3) is 0 Å². The van der Waals surface area contributed by atoms with Crippen molar-refractivity contribution in [2.24, 2.45) is 23.7 Å². The Morgan fingerprint density at radius 2 is 1.17 bits per heavy atom. The molecule has 3 aromatic heterocycles. The van der Waals surface area contributed by atoms with Crippen LogP contribution in [0.15, 0.2) is 156 Å². The predicted octanol–water partition coefficient (Wildman–Crippen LogP) is 14.1. The molecule has 0 aliphatic heterocycles. The molecule has 5 heteroatoms. The van der Waals surface area contributed by atoms with Crippen molar-refractivity contribution in [2.75, 3.05) is 0 Å². The van der Waals surface area contributed by atoms with Crippen molar-refractivity contribution >= 4 is 53.4 Å². The Morgan fingerprint density at radius 3 is 2.02 bits per heavy atom. The van der Waals surface area contributed by atoms with Crippen molar-refractivity contribution < 1.29 is 4.42 Å². The lowest BCUT2D eigenvalue weighted by atomic mass is 9.59. The van der Waals surface area contributed by atoms with Crippen LogP contribution in [-0.2, 0) is 5.41 Å². The summed E-state index contributed by atoms with van der Waals surface area (Å²) in [6, 6.07) is 55.0. The molecular weight excluding hydrogens is 739 g/mol. The van der Waals surface area contributed by atoms with Crippen LogP contribution in [0.1, 0.15) is 36.8 Å². The lowest BCUT2D eigenvalue weighted by Crippen LogP contribution is -2.40. The summed E-state index contributed by atoms with van der Waals surface area (Å²) in [7, 11) is 0. The molecule has 4 saturated carbocycles. The fourth-order valence-corrected chi connectivity index (χ4v) is 13.8. The number of aromatic nitrogens is 3. The van der Waals surface area contributed by atoms with E-state index in [0.717, 1.165) is 39.7 Å². The van der Waals surface area contributed by atoms with E-state index in [-0.39, 0.29) is 5.41 Å². The molecule has 0 amide bonds. The molecule has 5 atom stereocenters. The largest absolute Gasteiger partial charge is 0.456 e. The lowest BCUT2D eigenvalue weighted by Gasteiger charge is -2.43. The standard InChI is InChI=1S/C54H37N3OS/c1-2-10-32(11-3-1)51-55-52(57-53(56-51)34-22-23-38-37-12-6-9-17-46(37)59-47(38)28-34)33-20-18-31(19-21-33)48-49-39-13-4-7-15-41(39)54(36-25-30-24-35(27-36)42(54)26-30)43(49)29-45-50(48)40-14-5-8-16-44(40)58-45/h1-23,28-30,35-36,42H,24-27H2. The van der Waals surface area contributed by atoms with Crippen molar-refractivity contribution in [1.29, 1.82) is 0 Å². The molecule has 0 N–H and O–H groups in total. The normalized spacial score (nSPS) is 22.4. The van der Waals surface area contributed by atoms with E-state index < -0.39 is 0 Å². The Hall–Kier alpha value is -6.43. The van der Waals surface area contributed by atoms with Crippen LogP contribution in [-0.4, -0.2) is 15.0 Å². The molecule has 0 radical (unpaired) electrons. The highest BCUT2D eigenvalue weighted by Gasteiger charge is 2.66. The first-order chi connectivity index (χ1) is 29.2. The molecule has 4 bridgehead atoms. The van der Waals surface area contributed by atoms with Crippen molar-refractivity contribution in [3.8, 4) is 56.4 Å². The first-order valence-corrected chi connectivity index (χ1v) is 21.9. The van der Waals surface area contributed by atoms with Crippen LogP contribution in [0.2, 0.25) is 0 Å². The van der Waals surface area contributed by atoms with E-state index in [1.807, 2.05) is 29.5 Å². The van der Waals surface area contributed by atoms with E-state index in [1.54, 1.807) is 5.56 Å². The molecule has 5 aliphatic rings. The van der Waals surface area contributed by atoms with Gasteiger partial charge in [0.15, 0.2) is 17.5 Å². The minimum atomic E-state index is 0.0550. The third-order valence-corrected chi connectivity index (χ3v) is 15.9. The molecule has 15 rings (SSSR count). The van der Waals surface area contributed by atoms with Crippen molar-refractivity contribution in [3.63, 3.8) is 0 Å². The zero-order valence-corrected chi connectivity index (χ0v) is 33.0. The van der Waals surface area contributed by atoms with Crippen LogP contribution < -0.4 is 0 Å². The number of benzene rings is 7. The molecule has 5 unspecified atom stereocenters. The van der Waals surface area contributed by atoms with E-state index in [2.05, 4.69) is 133 Å². The van der Waals surface area contributed by atoms with Crippen molar-refractivity contribution in [1.82, 2.24) is 15.0 Å². The van der Waals surface area contributed by atoms with Gasteiger partial charge in [0.1, 0.15) is 11.2 Å². The summed E-state index contributed by atoms with van der Waals surface area (Å²) in [6.07, 6.45) is 5.47. The highest BCUT2D eigenvalue weighted by Crippen LogP contribution is 2.74. The molecule has 3 heterocycles. The first kappa shape index (κ1) is 32.5. The van der Waals surface area contributed by atoms with E-state index in [0.29, 0.717) is 29.3 Å². The first-order valence-electron chi connectivity index (χ1n) is 21.1. The summed E-state index contributed by atoms with van der Waals surface area (Å²) < 4.78 is 9.33. The summed E-state index contributed by atoms with van der Waals surface area (Å²) in [5, 5.41) is 4.92. The number of furan rings is 1. The smallest absolute Gasteiger partial charge is 0.164 e. The summed E-state index contributed by atoms with van der Waals surface area (Å²) in [5.74, 6) is 5.10. The summed E-state index contributed by atoms with van der Waals surface area (Å²) in [5.41, 5.74) is 13.3. The van der Waals surface area contributed by atoms with Crippen LogP contribution in [0.5, 0.6) is 0 Å². The second-order valence-electron chi connectivity index (χ2n) is 17.5. The van der Waals surface area contributed by atoms with Crippen molar-refractivity contribution in [3.05, 3.63) is 163 Å². The number of para-hydroxylation sites is 1. The molecule has 10 aromatic rings. The Balaban J connectivity index is 0.963. The van der Waals surface area contributed by atoms with Gasteiger partial charge < -0.3 is 4.42 Å². The number of hydrogen-bond donors (Lipinski definition) is 0. The van der Waals surface area contributed by atoms with Crippen LogP contribution in [0.3, 0.4) is 0 Å². The second-order valence-corrected chi connectivity index (χ2v) is 18.6. The number of hydrogen-bond acceptors (Lipinski definition) is 5. The number of rotatable bonds is 4. The minimum absolute atomic E-state index is 0.0550. The van der Waals surface area contributed by atoms with Gasteiger partial charge in [-0.1, -0.05) is 127 Å². The van der Waals surface area contributed by atoms with E-state index in [9.17, 15) is 0 Å². The number of nitrogens with zero attached hydrogens (tertiary/aromatic N) is 3. The molecule has 0 saturated heterocycles. The molecule has 4 nitrogen and oxygen atoms in total. The summed E-state index contributed by atoms with van der Waals surface area (Å²) in [4.78, 5) is 15.4. The van der Waals surface area contributed by atoms with Gasteiger partial charge in [-0.15, -0.1) is 11.3 Å². The lowest BCUT2D eigenvalue weighted by molar-refractivity contribution is 0.191. The highest BCUT2D eigenvalue weighted by molar-refractivity contribution is 7.25. The molecule has 4 fully saturated rings. The summed E-state index contributed by atoms with van der Waals surface area (Å²) >= 11 is 1.81. The van der Waals surface area contributed by atoms with Gasteiger partial charge in [-0.3, -0.25) is 0 Å². The molecule has 7 aromatic carbocycles. The third-order valence-electron chi connectivity index (χ3n) is 14.7. The Kier molecular flexibility index (Phi) is 6.52. The van der Waals surface area contributed by atoms with Gasteiger partial charge in [0, 0.05) is 58.6 Å². The number of fused-ring (bicyclic) bond motifs is 9. The Labute approximate surface area is 345 Å². The average Bonchev–Trinajstić information content (AvgIpc) is 4.06. The van der Waals surface area contributed by atoms with Gasteiger partial charge in [0.2, 0.25) is 0 Å².